The zero-order valence-corrected chi connectivity index (χ0v) is 11.6. The Bertz CT molecular complexity index is 514. The van der Waals surface area contributed by atoms with E-state index in [4.69, 9.17) is 4.74 Å². The lowest BCUT2D eigenvalue weighted by atomic mass is 9.82. The van der Waals surface area contributed by atoms with Crippen LogP contribution in [0.3, 0.4) is 0 Å². The Labute approximate surface area is 118 Å². The molecule has 0 aromatic heterocycles. The first-order valence-electron chi connectivity index (χ1n) is 7.09. The van der Waals surface area contributed by atoms with Gasteiger partial charge in [-0.1, -0.05) is 12.1 Å². The fourth-order valence-corrected chi connectivity index (χ4v) is 3.19. The number of para-hydroxylation sites is 2. The number of phenolic OH excluding ortho intramolecular Hbond substituents is 1. The summed E-state index contributed by atoms with van der Waals surface area (Å²) in [6.45, 7) is 4.43. The number of carbonyl (C=O) groups is 1. The van der Waals surface area contributed by atoms with Gasteiger partial charge in [0.05, 0.1) is 12.2 Å². The Morgan fingerprint density at radius 1 is 1.35 bits per heavy atom. The maximum absolute atomic E-state index is 12.2. The number of carbonyl (C=O) groups excluding carboxylic acids is 1. The second kappa shape index (κ2) is 4.98. The number of ether oxygens (including phenoxy) is 1. The highest BCUT2D eigenvalue weighted by atomic mass is 16.6. The largest absolute Gasteiger partial charge is 0.506 e. The van der Waals surface area contributed by atoms with Crippen molar-refractivity contribution in [2.24, 2.45) is 5.92 Å². The number of rotatable bonds is 2. The molecule has 108 valence electrons. The van der Waals surface area contributed by atoms with Crippen LogP contribution < -0.4 is 10.2 Å². The van der Waals surface area contributed by atoms with Crippen molar-refractivity contribution < 1.29 is 14.6 Å². The van der Waals surface area contributed by atoms with Crippen LogP contribution in [0.5, 0.6) is 5.75 Å². The van der Waals surface area contributed by atoms with Gasteiger partial charge in [-0.05, 0) is 45.0 Å². The van der Waals surface area contributed by atoms with Gasteiger partial charge in [0.2, 0.25) is 0 Å². The maximum Gasteiger partial charge on any atom is 0.415 e. The zero-order valence-electron chi connectivity index (χ0n) is 11.6. The molecule has 20 heavy (non-hydrogen) atoms. The number of aromatic hydroxyl groups is 1. The highest BCUT2D eigenvalue weighted by molar-refractivity contribution is 5.92. The van der Waals surface area contributed by atoms with Gasteiger partial charge in [0, 0.05) is 5.92 Å². The van der Waals surface area contributed by atoms with Crippen LogP contribution >= 0.6 is 0 Å². The number of amides is 1. The van der Waals surface area contributed by atoms with Gasteiger partial charge in [0.15, 0.2) is 0 Å². The van der Waals surface area contributed by atoms with Crippen LogP contribution in [0, 0.1) is 5.92 Å². The summed E-state index contributed by atoms with van der Waals surface area (Å²) in [7, 11) is 0. The smallest absolute Gasteiger partial charge is 0.415 e. The van der Waals surface area contributed by atoms with Crippen LogP contribution in [0.2, 0.25) is 0 Å². The molecule has 2 aliphatic rings. The summed E-state index contributed by atoms with van der Waals surface area (Å²) in [6, 6.07) is 6.88. The monoisotopic (exact) mass is 276 g/mol. The molecule has 1 unspecified atom stereocenters. The lowest BCUT2D eigenvalue weighted by Crippen LogP contribution is -2.44. The van der Waals surface area contributed by atoms with E-state index in [0.29, 0.717) is 18.2 Å². The number of benzene rings is 1. The van der Waals surface area contributed by atoms with Gasteiger partial charge in [-0.25, -0.2) is 4.79 Å². The Morgan fingerprint density at radius 3 is 2.75 bits per heavy atom. The standard InChI is InChI=1S/C15H20N2O3/c1-15(11-6-8-16-9-7-11)10-17(14(19)20-15)12-4-2-3-5-13(12)18/h2-5,11,16,18H,6-10H2,1H3. The average molecular weight is 276 g/mol. The lowest BCUT2D eigenvalue weighted by Gasteiger charge is -2.34. The number of hydrogen-bond acceptors (Lipinski definition) is 4. The van der Waals surface area contributed by atoms with E-state index in [9.17, 15) is 9.90 Å². The molecule has 1 aromatic rings. The SMILES string of the molecule is CC1(C2CCNCC2)CN(c2ccccc2O)C(=O)O1. The van der Waals surface area contributed by atoms with Gasteiger partial charge in [0.25, 0.3) is 0 Å². The van der Waals surface area contributed by atoms with Gasteiger partial charge in [-0.15, -0.1) is 0 Å². The molecule has 5 heteroatoms. The number of hydrogen-bond donors (Lipinski definition) is 2. The summed E-state index contributed by atoms with van der Waals surface area (Å²) >= 11 is 0. The van der Waals surface area contributed by atoms with E-state index >= 15 is 0 Å². The molecule has 0 spiro atoms. The maximum atomic E-state index is 12.2. The molecule has 1 aromatic carbocycles. The van der Waals surface area contributed by atoms with Gasteiger partial charge >= 0.3 is 6.09 Å². The fourth-order valence-electron chi connectivity index (χ4n) is 3.19. The molecule has 0 radical (unpaired) electrons. The third kappa shape index (κ3) is 2.22. The quantitative estimate of drug-likeness (QED) is 0.868. The van der Waals surface area contributed by atoms with Gasteiger partial charge < -0.3 is 15.2 Å². The van der Waals surface area contributed by atoms with Crippen molar-refractivity contribution in [2.45, 2.75) is 25.4 Å². The second-order valence-corrected chi connectivity index (χ2v) is 5.78. The molecule has 2 N–H and O–H groups in total. The summed E-state index contributed by atoms with van der Waals surface area (Å²) in [4.78, 5) is 13.7. The van der Waals surface area contributed by atoms with Crippen LogP contribution in [-0.4, -0.2) is 36.4 Å². The fraction of sp³-hybridized carbons (Fsp3) is 0.533. The van der Waals surface area contributed by atoms with E-state index in [0.717, 1.165) is 25.9 Å². The number of anilines is 1. The summed E-state index contributed by atoms with van der Waals surface area (Å²) in [5, 5.41) is 13.2. The van der Waals surface area contributed by atoms with Crippen LogP contribution in [0.1, 0.15) is 19.8 Å². The Kier molecular flexibility index (Phi) is 3.30. The number of nitrogens with zero attached hydrogens (tertiary/aromatic N) is 1. The van der Waals surface area contributed by atoms with E-state index in [1.165, 1.54) is 4.90 Å². The van der Waals surface area contributed by atoms with Crippen molar-refractivity contribution in [2.75, 3.05) is 24.5 Å². The molecule has 2 saturated heterocycles. The Hall–Kier alpha value is -1.75. The second-order valence-electron chi connectivity index (χ2n) is 5.78. The average Bonchev–Trinajstić information content (AvgIpc) is 2.77. The molecule has 3 rings (SSSR count). The molecule has 1 amide bonds. The van der Waals surface area contributed by atoms with E-state index in [-0.39, 0.29) is 11.8 Å². The lowest BCUT2D eigenvalue weighted by molar-refractivity contribution is 0.00962. The van der Waals surface area contributed by atoms with Crippen molar-refractivity contribution in [3.05, 3.63) is 24.3 Å². The van der Waals surface area contributed by atoms with Crippen molar-refractivity contribution >= 4 is 11.8 Å². The van der Waals surface area contributed by atoms with Crippen LogP contribution in [0.4, 0.5) is 10.5 Å². The number of piperidine rings is 1. The summed E-state index contributed by atoms with van der Waals surface area (Å²) in [6.07, 6.45) is 1.66. The minimum Gasteiger partial charge on any atom is -0.506 e. The van der Waals surface area contributed by atoms with Gasteiger partial charge in [-0.2, -0.15) is 0 Å². The molecular formula is C15H20N2O3. The summed E-state index contributed by atoms with van der Waals surface area (Å²) in [5.41, 5.74) is 0.0525. The normalized spacial score (nSPS) is 27.6. The molecule has 0 saturated carbocycles. The molecule has 0 aliphatic carbocycles. The van der Waals surface area contributed by atoms with E-state index < -0.39 is 5.60 Å². The van der Waals surface area contributed by atoms with Gasteiger partial charge in [0.1, 0.15) is 11.4 Å². The molecule has 1 atom stereocenters. The highest BCUT2D eigenvalue weighted by Gasteiger charge is 2.47. The predicted molar refractivity (Wildman–Crippen MR) is 75.9 cm³/mol. The Balaban J connectivity index is 1.83. The predicted octanol–water partition coefficient (Wildman–Crippen LogP) is 2.11. The van der Waals surface area contributed by atoms with E-state index in [1.807, 2.05) is 13.0 Å². The highest BCUT2D eigenvalue weighted by Crippen LogP contribution is 2.39. The van der Waals surface area contributed by atoms with Crippen molar-refractivity contribution in [3.63, 3.8) is 0 Å². The molecule has 5 nitrogen and oxygen atoms in total. The van der Waals surface area contributed by atoms with Crippen molar-refractivity contribution in [1.29, 1.82) is 0 Å². The molecular weight excluding hydrogens is 256 g/mol. The van der Waals surface area contributed by atoms with Crippen molar-refractivity contribution in [3.8, 4) is 5.75 Å². The van der Waals surface area contributed by atoms with Crippen LogP contribution in [0.15, 0.2) is 24.3 Å². The first-order chi connectivity index (χ1) is 9.60. The first kappa shape index (κ1) is 13.2. The minimum atomic E-state index is -0.471. The molecule has 0 bridgehead atoms. The van der Waals surface area contributed by atoms with E-state index in [2.05, 4.69) is 5.32 Å². The minimum absolute atomic E-state index is 0.110. The summed E-state index contributed by atoms with van der Waals surface area (Å²) in [5.74, 6) is 0.475. The molecule has 2 aliphatic heterocycles. The van der Waals surface area contributed by atoms with Gasteiger partial charge in [-0.3, -0.25) is 4.90 Å². The molecule has 2 fully saturated rings. The number of cyclic esters (lactones) is 1. The van der Waals surface area contributed by atoms with Crippen LogP contribution in [0.25, 0.3) is 0 Å². The molecule has 2 heterocycles. The zero-order chi connectivity index (χ0) is 14.2. The summed E-state index contributed by atoms with van der Waals surface area (Å²) < 4.78 is 5.66. The first-order valence-corrected chi connectivity index (χ1v) is 7.09. The van der Waals surface area contributed by atoms with Crippen molar-refractivity contribution in [1.82, 2.24) is 5.32 Å². The number of nitrogens with one attached hydrogen (secondary N) is 1. The van der Waals surface area contributed by atoms with E-state index in [1.54, 1.807) is 18.2 Å². The Morgan fingerprint density at radius 2 is 2.05 bits per heavy atom. The number of phenols is 1. The van der Waals surface area contributed by atoms with Crippen LogP contribution in [-0.2, 0) is 4.74 Å². The third-order valence-electron chi connectivity index (χ3n) is 4.39. The topological polar surface area (TPSA) is 61.8 Å². The third-order valence-corrected chi connectivity index (χ3v) is 4.39.